The minimum absolute atomic E-state index is 0.294. The first-order valence-corrected chi connectivity index (χ1v) is 6.17. The molecule has 1 atom stereocenters. The first-order valence-electron chi connectivity index (χ1n) is 5.29. The molecule has 0 fully saturated rings. The van der Waals surface area contributed by atoms with Crippen LogP contribution in [0.3, 0.4) is 0 Å². The van der Waals surface area contributed by atoms with Gasteiger partial charge in [0, 0.05) is 38.2 Å². The van der Waals surface area contributed by atoms with Crippen molar-refractivity contribution in [1.29, 1.82) is 0 Å². The van der Waals surface area contributed by atoms with Crippen molar-refractivity contribution in [3.05, 3.63) is 22.4 Å². The lowest BCUT2D eigenvalue weighted by Gasteiger charge is -2.10. The van der Waals surface area contributed by atoms with Crippen molar-refractivity contribution in [2.75, 3.05) is 26.7 Å². The maximum atomic E-state index is 5.13. The van der Waals surface area contributed by atoms with E-state index >= 15 is 0 Å². The van der Waals surface area contributed by atoms with Crippen molar-refractivity contribution >= 4 is 11.3 Å². The number of hydrogen-bond donors (Lipinski definition) is 2. The van der Waals surface area contributed by atoms with Crippen LogP contribution in [0.5, 0.6) is 0 Å². The molecule has 0 aliphatic heterocycles. The second-order valence-corrected chi connectivity index (χ2v) is 4.54. The lowest BCUT2D eigenvalue weighted by Crippen LogP contribution is -2.32. The van der Waals surface area contributed by atoms with Crippen LogP contribution in [0.1, 0.15) is 11.8 Å². The number of hydrogen-bond acceptors (Lipinski definition) is 4. The van der Waals surface area contributed by atoms with Crippen molar-refractivity contribution in [2.24, 2.45) is 0 Å². The molecule has 15 heavy (non-hydrogen) atoms. The van der Waals surface area contributed by atoms with E-state index in [0.717, 1.165) is 26.2 Å². The summed E-state index contributed by atoms with van der Waals surface area (Å²) in [6.45, 7) is 5.93. The van der Waals surface area contributed by atoms with Crippen LogP contribution in [0.25, 0.3) is 0 Å². The Bertz CT molecular complexity index is 239. The Kier molecular flexibility index (Phi) is 6.59. The quantitative estimate of drug-likeness (QED) is 0.661. The molecular weight excluding hydrogens is 208 g/mol. The number of nitrogens with one attached hydrogen (secondary N) is 2. The van der Waals surface area contributed by atoms with Crippen molar-refractivity contribution in [1.82, 2.24) is 10.6 Å². The third-order valence-electron chi connectivity index (χ3n) is 2.19. The molecule has 4 heteroatoms. The van der Waals surface area contributed by atoms with E-state index in [9.17, 15) is 0 Å². The highest BCUT2D eigenvalue weighted by molar-refractivity contribution is 7.09. The highest BCUT2D eigenvalue weighted by Gasteiger charge is 1.97. The van der Waals surface area contributed by atoms with Crippen LogP contribution >= 0.6 is 11.3 Å². The Balaban J connectivity index is 1.89. The van der Waals surface area contributed by atoms with E-state index in [1.165, 1.54) is 4.88 Å². The zero-order valence-electron chi connectivity index (χ0n) is 9.45. The Morgan fingerprint density at radius 3 is 2.87 bits per heavy atom. The Morgan fingerprint density at radius 2 is 2.20 bits per heavy atom. The molecule has 1 heterocycles. The highest BCUT2D eigenvalue weighted by atomic mass is 32.1. The summed E-state index contributed by atoms with van der Waals surface area (Å²) in [4.78, 5) is 1.39. The molecule has 86 valence electrons. The van der Waals surface area contributed by atoms with E-state index in [1.807, 2.05) is 0 Å². The maximum absolute atomic E-state index is 5.13. The predicted molar refractivity (Wildman–Crippen MR) is 65.4 cm³/mol. The molecule has 0 amide bonds. The molecular formula is C11H20N2OS. The van der Waals surface area contributed by atoms with E-state index in [-0.39, 0.29) is 0 Å². The van der Waals surface area contributed by atoms with Crippen LogP contribution in [-0.2, 0) is 11.3 Å². The largest absolute Gasteiger partial charge is 0.380 e. The van der Waals surface area contributed by atoms with E-state index < -0.39 is 0 Å². The summed E-state index contributed by atoms with van der Waals surface area (Å²) in [5.74, 6) is 0. The third kappa shape index (κ3) is 5.89. The Hall–Kier alpha value is -0.420. The van der Waals surface area contributed by atoms with Crippen LogP contribution in [0.4, 0.5) is 0 Å². The van der Waals surface area contributed by atoms with E-state index in [2.05, 4.69) is 35.1 Å². The van der Waals surface area contributed by atoms with Gasteiger partial charge in [0.2, 0.25) is 0 Å². The lowest BCUT2D eigenvalue weighted by atomic mass is 10.4. The Labute approximate surface area is 95.8 Å². The average molecular weight is 228 g/mol. The molecule has 1 aromatic rings. The van der Waals surface area contributed by atoms with Gasteiger partial charge in [-0.3, -0.25) is 0 Å². The van der Waals surface area contributed by atoms with E-state index in [4.69, 9.17) is 4.74 Å². The van der Waals surface area contributed by atoms with Gasteiger partial charge in [-0.25, -0.2) is 0 Å². The molecule has 3 nitrogen and oxygen atoms in total. The maximum Gasteiger partial charge on any atom is 0.0667 e. The fourth-order valence-corrected chi connectivity index (χ4v) is 1.86. The number of rotatable bonds is 8. The molecule has 0 aliphatic carbocycles. The highest BCUT2D eigenvalue weighted by Crippen LogP contribution is 2.06. The SMILES string of the molecule is COC(C)CNCCNCc1cccs1. The monoisotopic (exact) mass is 228 g/mol. The first-order chi connectivity index (χ1) is 7.33. The summed E-state index contributed by atoms with van der Waals surface area (Å²) in [6, 6.07) is 4.23. The average Bonchev–Trinajstić information content (AvgIpc) is 2.75. The molecule has 0 aliphatic rings. The normalized spacial score (nSPS) is 12.9. The van der Waals surface area contributed by atoms with E-state index in [1.54, 1.807) is 18.4 Å². The second kappa shape index (κ2) is 7.82. The first kappa shape index (κ1) is 12.6. The standard InChI is InChI=1S/C11H20N2OS/c1-10(14-2)8-12-5-6-13-9-11-4-3-7-15-11/h3-4,7,10,12-13H,5-6,8-9H2,1-2H3. The molecule has 1 rings (SSSR count). The van der Waals surface area contributed by atoms with Crippen molar-refractivity contribution in [3.63, 3.8) is 0 Å². The summed E-state index contributed by atoms with van der Waals surface area (Å²) < 4.78 is 5.13. The van der Waals surface area contributed by atoms with Gasteiger partial charge in [0.05, 0.1) is 6.10 Å². The van der Waals surface area contributed by atoms with Crippen molar-refractivity contribution in [2.45, 2.75) is 19.6 Å². The summed E-state index contributed by atoms with van der Waals surface area (Å²) in [5.41, 5.74) is 0. The minimum Gasteiger partial charge on any atom is -0.380 e. The zero-order chi connectivity index (χ0) is 10.9. The second-order valence-electron chi connectivity index (χ2n) is 3.51. The van der Waals surface area contributed by atoms with Crippen LogP contribution in [0, 0.1) is 0 Å². The third-order valence-corrected chi connectivity index (χ3v) is 3.07. The topological polar surface area (TPSA) is 33.3 Å². The van der Waals surface area contributed by atoms with Gasteiger partial charge in [-0.2, -0.15) is 0 Å². The van der Waals surface area contributed by atoms with Gasteiger partial charge in [-0.05, 0) is 18.4 Å². The Morgan fingerprint density at radius 1 is 1.40 bits per heavy atom. The van der Waals surface area contributed by atoms with Crippen LogP contribution in [-0.4, -0.2) is 32.8 Å². The molecule has 0 bridgehead atoms. The van der Waals surface area contributed by atoms with Gasteiger partial charge in [0.1, 0.15) is 0 Å². The fourth-order valence-electron chi connectivity index (χ4n) is 1.19. The number of thiophene rings is 1. The molecule has 0 aromatic carbocycles. The molecule has 2 N–H and O–H groups in total. The molecule has 1 unspecified atom stereocenters. The van der Waals surface area contributed by atoms with Gasteiger partial charge in [-0.1, -0.05) is 6.07 Å². The zero-order valence-corrected chi connectivity index (χ0v) is 10.3. The molecule has 0 saturated carbocycles. The molecule has 0 radical (unpaired) electrons. The summed E-state index contributed by atoms with van der Waals surface area (Å²) >= 11 is 1.79. The van der Waals surface area contributed by atoms with Gasteiger partial charge < -0.3 is 15.4 Å². The summed E-state index contributed by atoms with van der Waals surface area (Å²) in [6.07, 6.45) is 0.294. The van der Waals surface area contributed by atoms with E-state index in [0.29, 0.717) is 6.10 Å². The smallest absolute Gasteiger partial charge is 0.0667 e. The number of methoxy groups -OCH3 is 1. The summed E-state index contributed by atoms with van der Waals surface area (Å²) in [7, 11) is 1.74. The lowest BCUT2D eigenvalue weighted by molar-refractivity contribution is 0.117. The van der Waals surface area contributed by atoms with Crippen molar-refractivity contribution < 1.29 is 4.74 Å². The predicted octanol–water partition coefficient (Wildman–Crippen LogP) is 1.46. The fraction of sp³-hybridized carbons (Fsp3) is 0.636. The minimum atomic E-state index is 0.294. The van der Waals surface area contributed by atoms with Gasteiger partial charge >= 0.3 is 0 Å². The van der Waals surface area contributed by atoms with Crippen molar-refractivity contribution in [3.8, 4) is 0 Å². The van der Waals surface area contributed by atoms with Crippen LogP contribution < -0.4 is 10.6 Å². The van der Waals surface area contributed by atoms with Crippen LogP contribution in [0.2, 0.25) is 0 Å². The molecule has 0 saturated heterocycles. The van der Waals surface area contributed by atoms with Gasteiger partial charge in [0.25, 0.3) is 0 Å². The number of ether oxygens (including phenoxy) is 1. The molecule has 1 aromatic heterocycles. The van der Waals surface area contributed by atoms with Gasteiger partial charge in [0.15, 0.2) is 0 Å². The van der Waals surface area contributed by atoms with Crippen LogP contribution in [0.15, 0.2) is 17.5 Å². The molecule has 0 spiro atoms. The summed E-state index contributed by atoms with van der Waals surface area (Å²) in [5, 5.41) is 8.83. The van der Waals surface area contributed by atoms with Gasteiger partial charge in [-0.15, -0.1) is 11.3 Å².